The summed E-state index contributed by atoms with van der Waals surface area (Å²) in [7, 11) is 1.32. The highest BCUT2D eigenvalue weighted by atomic mass is 16.5. The predicted octanol–water partition coefficient (Wildman–Crippen LogP) is 3.87. The topological polar surface area (TPSA) is 103 Å². The molecule has 0 spiro atoms. The molecule has 0 saturated carbocycles. The van der Waals surface area contributed by atoms with Crippen LogP contribution in [0.4, 0.5) is 0 Å². The Balaban J connectivity index is 1.64. The smallest absolute Gasteiger partial charge is 0.338 e. The van der Waals surface area contributed by atoms with Crippen molar-refractivity contribution in [3.8, 4) is 22.5 Å². The van der Waals surface area contributed by atoms with Crippen molar-refractivity contribution < 1.29 is 9.53 Å². The molecular weight excluding hydrogens is 418 g/mol. The summed E-state index contributed by atoms with van der Waals surface area (Å²) in [5.41, 5.74) is 4.79. The number of tetrazole rings is 1. The number of methoxy groups -OCH3 is 1. The number of aromatic nitrogens is 5. The number of aromatic amines is 1. The minimum Gasteiger partial charge on any atom is -0.465 e. The number of pyridine rings is 1. The first-order chi connectivity index (χ1) is 16.1. The zero-order chi connectivity index (χ0) is 23.2. The van der Waals surface area contributed by atoms with Crippen LogP contribution in [0, 0.1) is 0 Å². The van der Waals surface area contributed by atoms with Gasteiger partial charge in [-0.3, -0.25) is 4.79 Å². The number of unbranched alkanes of at least 4 members (excludes halogenated alkanes) is 1. The number of H-pyrrole nitrogens is 1. The first-order valence-corrected chi connectivity index (χ1v) is 10.8. The molecule has 0 amide bonds. The highest BCUT2D eigenvalue weighted by Gasteiger charge is 2.14. The Labute approximate surface area is 191 Å². The minimum absolute atomic E-state index is 0.212. The quantitative estimate of drug-likeness (QED) is 0.415. The predicted molar refractivity (Wildman–Crippen MR) is 125 cm³/mol. The van der Waals surface area contributed by atoms with Gasteiger partial charge in [0.25, 0.3) is 5.56 Å². The van der Waals surface area contributed by atoms with Crippen molar-refractivity contribution in [1.29, 1.82) is 0 Å². The van der Waals surface area contributed by atoms with Crippen LogP contribution >= 0.6 is 0 Å². The van der Waals surface area contributed by atoms with E-state index in [9.17, 15) is 9.59 Å². The largest absolute Gasteiger partial charge is 0.465 e. The van der Waals surface area contributed by atoms with Gasteiger partial charge in [0.05, 0.1) is 19.2 Å². The van der Waals surface area contributed by atoms with Crippen LogP contribution in [0.2, 0.25) is 0 Å². The van der Waals surface area contributed by atoms with Gasteiger partial charge < -0.3 is 9.30 Å². The fraction of sp³-hybridized carbons (Fsp3) is 0.240. The van der Waals surface area contributed by atoms with Crippen molar-refractivity contribution in [1.82, 2.24) is 25.2 Å². The maximum atomic E-state index is 12.8. The van der Waals surface area contributed by atoms with Crippen molar-refractivity contribution in [2.24, 2.45) is 0 Å². The Morgan fingerprint density at radius 1 is 1.06 bits per heavy atom. The molecule has 0 bridgehead atoms. The van der Waals surface area contributed by atoms with Crippen LogP contribution in [0.15, 0.2) is 65.5 Å². The van der Waals surface area contributed by atoms with Crippen LogP contribution < -0.4 is 5.56 Å². The molecular formula is C25H25N5O3. The summed E-state index contributed by atoms with van der Waals surface area (Å²) in [5, 5.41) is 14.3. The molecule has 0 aliphatic rings. The summed E-state index contributed by atoms with van der Waals surface area (Å²) in [6, 6.07) is 19.0. The number of carbonyl (C=O) groups excluding carboxylic acids is 1. The number of nitrogens with zero attached hydrogens (tertiary/aromatic N) is 4. The highest BCUT2D eigenvalue weighted by Crippen LogP contribution is 2.29. The fourth-order valence-corrected chi connectivity index (χ4v) is 3.81. The third-order valence-corrected chi connectivity index (χ3v) is 5.54. The van der Waals surface area contributed by atoms with E-state index < -0.39 is 5.97 Å². The van der Waals surface area contributed by atoms with E-state index in [0.29, 0.717) is 24.4 Å². The molecule has 2 aromatic carbocycles. The molecule has 8 heteroatoms. The first-order valence-electron chi connectivity index (χ1n) is 10.8. The number of hydrogen-bond donors (Lipinski definition) is 1. The lowest BCUT2D eigenvalue weighted by atomic mass is 9.98. The van der Waals surface area contributed by atoms with Crippen LogP contribution in [0.5, 0.6) is 0 Å². The average molecular weight is 444 g/mol. The van der Waals surface area contributed by atoms with Crippen LogP contribution in [-0.4, -0.2) is 38.3 Å². The zero-order valence-electron chi connectivity index (χ0n) is 18.6. The molecule has 1 N–H and O–H groups in total. The van der Waals surface area contributed by atoms with Gasteiger partial charge in [-0.15, -0.1) is 10.2 Å². The molecule has 4 aromatic rings. The second-order valence-electron chi connectivity index (χ2n) is 7.73. The molecule has 0 saturated heterocycles. The van der Waals surface area contributed by atoms with Crippen molar-refractivity contribution in [3.63, 3.8) is 0 Å². The van der Waals surface area contributed by atoms with Crippen LogP contribution in [-0.2, 0) is 17.7 Å². The number of benzene rings is 2. The standard InChI is InChI=1S/C25H25N5O3/c1-3-4-7-20-14-19(25(32)33-2)15-23(31)30(20)16-17-10-12-18(13-11-17)21-8-5-6-9-22(21)24-26-28-29-27-24/h5-6,8-15H,3-4,7,16H2,1-2H3,(H,26,27,28,29). The van der Waals surface area contributed by atoms with Crippen LogP contribution in [0.3, 0.4) is 0 Å². The SMILES string of the molecule is CCCCc1cc(C(=O)OC)cc(=O)n1Cc1ccc(-c2ccccc2-c2nn[nH]n2)cc1. The van der Waals surface area contributed by atoms with Crippen LogP contribution in [0.1, 0.15) is 41.4 Å². The van der Waals surface area contributed by atoms with E-state index in [1.54, 1.807) is 10.6 Å². The van der Waals surface area contributed by atoms with E-state index in [0.717, 1.165) is 40.8 Å². The number of hydrogen-bond acceptors (Lipinski definition) is 6. The number of carbonyl (C=O) groups is 1. The maximum absolute atomic E-state index is 12.8. The van der Waals surface area contributed by atoms with Gasteiger partial charge in [0, 0.05) is 17.3 Å². The van der Waals surface area contributed by atoms with Gasteiger partial charge in [0.1, 0.15) is 0 Å². The summed E-state index contributed by atoms with van der Waals surface area (Å²) in [6.45, 7) is 2.52. The molecule has 0 aliphatic carbocycles. The van der Waals surface area contributed by atoms with E-state index in [2.05, 4.69) is 27.5 Å². The van der Waals surface area contributed by atoms with E-state index in [1.165, 1.54) is 13.2 Å². The Morgan fingerprint density at radius 2 is 1.82 bits per heavy atom. The van der Waals surface area contributed by atoms with Crippen LogP contribution in [0.25, 0.3) is 22.5 Å². The third-order valence-electron chi connectivity index (χ3n) is 5.54. The molecule has 0 fully saturated rings. The van der Waals surface area contributed by atoms with Gasteiger partial charge in [-0.2, -0.15) is 5.21 Å². The Bertz CT molecular complexity index is 1290. The van der Waals surface area contributed by atoms with Gasteiger partial charge in [0.2, 0.25) is 5.82 Å². The van der Waals surface area contributed by atoms with Gasteiger partial charge in [0.15, 0.2) is 0 Å². The second kappa shape index (κ2) is 10.0. The second-order valence-corrected chi connectivity index (χ2v) is 7.73. The van der Waals surface area contributed by atoms with E-state index >= 15 is 0 Å². The monoisotopic (exact) mass is 443 g/mol. The first kappa shape index (κ1) is 22.1. The molecule has 8 nitrogen and oxygen atoms in total. The molecule has 0 radical (unpaired) electrons. The number of esters is 1. The van der Waals surface area contributed by atoms with Gasteiger partial charge in [-0.05, 0) is 40.8 Å². The van der Waals surface area contributed by atoms with Gasteiger partial charge >= 0.3 is 5.97 Å². The molecule has 4 rings (SSSR count). The zero-order valence-corrected chi connectivity index (χ0v) is 18.6. The minimum atomic E-state index is -0.499. The van der Waals surface area contributed by atoms with Gasteiger partial charge in [-0.25, -0.2) is 4.79 Å². The molecule has 2 heterocycles. The summed E-state index contributed by atoms with van der Waals surface area (Å²) in [5.74, 6) is 0.0362. The highest BCUT2D eigenvalue weighted by molar-refractivity contribution is 5.89. The molecule has 0 aliphatic heterocycles. The summed E-state index contributed by atoms with van der Waals surface area (Å²) in [4.78, 5) is 24.8. The summed E-state index contributed by atoms with van der Waals surface area (Å²) < 4.78 is 6.53. The summed E-state index contributed by atoms with van der Waals surface area (Å²) in [6.07, 6.45) is 2.63. The number of ether oxygens (including phenoxy) is 1. The average Bonchev–Trinajstić information content (AvgIpc) is 3.39. The van der Waals surface area contributed by atoms with E-state index in [4.69, 9.17) is 4.74 Å². The Hall–Kier alpha value is -4.07. The molecule has 0 atom stereocenters. The number of aryl methyl sites for hydroxylation is 1. The molecule has 168 valence electrons. The van der Waals surface area contributed by atoms with Crippen molar-refractivity contribution in [2.75, 3.05) is 7.11 Å². The Morgan fingerprint density at radius 3 is 2.48 bits per heavy atom. The molecule has 0 unspecified atom stereocenters. The lowest BCUT2D eigenvalue weighted by Crippen LogP contribution is -2.25. The van der Waals surface area contributed by atoms with E-state index in [1.807, 2.05) is 48.5 Å². The lowest BCUT2D eigenvalue weighted by Gasteiger charge is -2.15. The lowest BCUT2D eigenvalue weighted by molar-refractivity contribution is 0.0600. The maximum Gasteiger partial charge on any atom is 0.338 e. The molecule has 33 heavy (non-hydrogen) atoms. The normalized spacial score (nSPS) is 10.8. The summed E-state index contributed by atoms with van der Waals surface area (Å²) >= 11 is 0. The van der Waals surface area contributed by atoms with Crippen molar-refractivity contribution in [2.45, 2.75) is 32.7 Å². The fourth-order valence-electron chi connectivity index (χ4n) is 3.81. The van der Waals surface area contributed by atoms with Crippen molar-refractivity contribution >= 4 is 5.97 Å². The van der Waals surface area contributed by atoms with Gasteiger partial charge in [-0.1, -0.05) is 61.9 Å². The Kier molecular flexibility index (Phi) is 6.73. The number of rotatable bonds is 8. The van der Waals surface area contributed by atoms with Crippen molar-refractivity contribution in [3.05, 3.63) is 87.8 Å². The van der Waals surface area contributed by atoms with E-state index in [-0.39, 0.29) is 5.56 Å². The third kappa shape index (κ3) is 4.90. The molecule has 2 aromatic heterocycles. The number of nitrogens with one attached hydrogen (secondary N) is 1.